The van der Waals surface area contributed by atoms with Crippen molar-refractivity contribution >= 4 is 10.8 Å². The highest BCUT2D eigenvalue weighted by molar-refractivity contribution is 5.86. The lowest BCUT2D eigenvalue weighted by atomic mass is 9.95. The van der Waals surface area contributed by atoms with Gasteiger partial charge in [0.1, 0.15) is 0 Å². The molecule has 0 aliphatic rings. The van der Waals surface area contributed by atoms with Crippen molar-refractivity contribution in [1.82, 2.24) is 5.32 Å². The second-order valence-electron chi connectivity index (χ2n) is 6.45. The summed E-state index contributed by atoms with van der Waals surface area (Å²) < 4.78 is 0. The molecule has 0 bridgehead atoms. The standard InChI is InChI=1S/C21H31N/c1-4-6-10-18(5-2)15-16-22-17(3)20-14-9-12-19-11-7-8-13-21(19)20/h7-9,11-14,17-18,22H,4-6,10,15-16H2,1-3H3. The van der Waals surface area contributed by atoms with Gasteiger partial charge in [0.05, 0.1) is 0 Å². The number of benzene rings is 2. The van der Waals surface area contributed by atoms with Crippen molar-refractivity contribution in [3.63, 3.8) is 0 Å². The molecule has 1 nitrogen and oxygen atoms in total. The molecule has 0 fully saturated rings. The molecule has 0 spiro atoms. The Morgan fingerprint density at radius 3 is 2.50 bits per heavy atom. The number of unbranched alkanes of at least 4 members (excludes halogenated alkanes) is 1. The van der Waals surface area contributed by atoms with E-state index in [1.54, 1.807) is 0 Å². The van der Waals surface area contributed by atoms with Gasteiger partial charge in [0.2, 0.25) is 0 Å². The van der Waals surface area contributed by atoms with E-state index in [1.807, 2.05) is 0 Å². The second-order valence-corrected chi connectivity index (χ2v) is 6.45. The third-order valence-corrected chi connectivity index (χ3v) is 4.84. The lowest BCUT2D eigenvalue weighted by Crippen LogP contribution is -2.22. The minimum atomic E-state index is 0.412. The zero-order valence-corrected chi connectivity index (χ0v) is 14.4. The minimum absolute atomic E-state index is 0.412. The number of hydrogen-bond donors (Lipinski definition) is 1. The van der Waals surface area contributed by atoms with Gasteiger partial charge in [-0.05, 0) is 42.1 Å². The third-order valence-electron chi connectivity index (χ3n) is 4.84. The first-order chi connectivity index (χ1) is 10.8. The van der Waals surface area contributed by atoms with Gasteiger partial charge in [-0.1, -0.05) is 82.0 Å². The van der Waals surface area contributed by atoms with Crippen LogP contribution in [0.1, 0.15) is 64.5 Å². The van der Waals surface area contributed by atoms with Crippen LogP contribution < -0.4 is 5.32 Å². The molecule has 0 radical (unpaired) electrons. The van der Waals surface area contributed by atoms with Gasteiger partial charge in [0.25, 0.3) is 0 Å². The smallest absolute Gasteiger partial charge is 0.0297 e. The molecule has 2 aromatic rings. The second kappa shape index (κ2) is 8.95. The van der Waals surface area contributed by atoms with Gasteiger partial charge in [0.15, 0.2) is 0 Å². The molecule has 1 heteroatoms. The fraction of sp³-hybridized carbons (Fsp3) is 0.524. The molecule has 2 aromatic carbocycles. The normalized spacial score (nSPS) is 14.1. The number of fused-ring (bicyclic) bond motifs is 1. The minimum Gasteiger partial charge on any atom is -0.310 e. The van der Waals surface area contributed by atoms with Crippen molar-refractivity contribution in [1.29, 1.82) is 0 Å². The van der Waals surface area contributed by atoms with Crippen molar-refractivity contribution in [3.05, 3.63) is 48.0 Å². The van der Waals surface area contributed by atoms with Crippen LogP contribution >= 0.6 is 0 Å². The van der Waals surface area contributed by atoms with Crippen LogP contribution in [0.25, 0.3) is 10.8 Å². The number of nitrogens with one attached hydrogen (secondary N) is 1. The molecule has 0 heterocycles. The van der Waals surface area contributed by atoms with Crippen LogP contribution in [0.2, 0.25) is 0 Å². The summed E-state index contributed by atoms with van der Waals surface area (Å²) in [5, 5.41) is 6.45. The molecule has 2 rings (SSSR count). The molecule has 120 valence electrons. The fourth-order valence-corrected chi connectivity index (χ4v) is 3.29. The maximum absolute atomic E-state index is 3.73. The molecule has 2 unspecified atom stereocenters. The van der Waals surface area contributed by atoms with E-state index < -0.39 is 0 Å². The highest BCUT2D eigenvalue weighted by atomic mass is 14.9. The van der Waals surface area contributed by atoms with Gasteiger partial charge in [-0.25, -0.2) is 0 Å². The average Bonchev–Trinajstić information content (AvgIpc) is 2.57. The monoisotopic (exact) mass is 297 g/mol. The van der Waals surface area contributed by atoms with Crippen LogP contribution in [0, 0.1) is 5.92 Å². The number of hydrogen-bond acceptors (Lipinski definition) is 1. The van der Waals surface area contributed by atoms with E-state index in [-0.39, 0.29) is 0 Å². The van der Waals surface area contributed by atoms with Gasteiger partial charge in [0, 0.05) is 6.04 Å². The Kier molecular flexibility index (Phi) is 6.92. The molecular weight excluding hydrogens is 266 g/mol. The van der Waals surface area contributed by atoms with Gasteiger partial charge < -0.3 is 5.32 Å². The van der Waals surface area contributed by atoms with E-state index in [9.17, 15) is 0 Å². The maximum atomic E-state index is 3.73. The summed E-state index contributed by atoms with van der Waals surface area (Å²) in [5.74, 6) is 0.882. The molecule has 2 atom stereocenters. The van der Waals surface area contributed by atoms with E-state index in [0.717, 1.165) is 12.5 Å². The van der Waals surface area contributed by atoms with Crippen LogP contribution in [-0.4, -0.2) is 6.54 Å². The first-order valence-electron chi connectivity index (χ1n) is 8.97. The molecular formula is C21H31N. The van der Waals surface area contributed by atoms with E-state index >= 15 is 0 Å². The van der Waals surface area contributed by atoms with Crippen LogP contribution in [-0.2, 0) is 0 Å². The first-order valence-corrected chi connectivity index (χ1v) is 8.97. The molecule has 0 aliphatic heterocycles. The topological polar surface area (TPSA) is 12.0 Å². The molecule has 0 saturated carbocycles. The first kappa shape index (κ1) is 17.0. The third kappa shape index (κ3) is 4.58. The van der Waals surface area contributed by atoms with Crippen LogP contribution in [0.15, 0.2) is 42.5 Å². The van der Waals surface area contributed by atoms with Gasteiger partial charge in [-0.3, -0.25) is 0 Å². The summed E-state index contributed by atoms with van der Waals surface area (Å²) in [6.07, 6.45) is 6.68. The van der Waals surface area contributed by atoms with Crippen LogP contribution in [0.5, 0.6) is 0 Å². The van der Waals surface area contributed by atoms with Gasteiger partial charge in [-0.15, -0.1) is 0 Å². The van der Waals surface area contributed by atoms with E-state index in [1.165, 1.54) is 48.4 Å². The van der Waals surface area contributed by atoms with Crippen molar-refractivity contribution in [2.24, 2.45) is 5.92 Å². The SMILES string of the molecule is CCCCC(CC)CCNC(C)c1cccc2ccccc12. The summed E-state index contributed by atoms with van der Waals surface area (Å²) in [7, 11) is 0. The van der Waals surface area contributed by atoms with E-state index in [4.69, 9.17) is 0 Å². The van der Waals surface area contributed by atoms with Crippen molar-refractivity contribution in [2.75, 3.05) is 6.54 Å². The van der Waals surface area contributed by atoms with Crippen LogP contribution in [0.4, 0.5) is 0 Å². The Hall–Kier alpha value is -1.34. The summed E-state index contributed by atoms with van der Waals surface area (Å²) >= 11 is 0. The highest BCUT2D eigenvalue weighted by Crippen LogP contribution is 2.24. The Morgan fingerprint density at radius 2 is 1.73 bits per heavy atom. The quantitative estimate of drug-likeness (QED) is 0.590. The molecule has 1 N–H and O–H groups in total. The molecule has 22 heavy (non-hydrogen) atoms. The lowest BCUT2D eigenvalue weighted by molar-refractivity contribution is 0.399. The zero-order valence-electron chi connectivity index (χ0n) is 14.4. The fourth-order valence-electron chi connectivity index (χ4n) is 3.29. The number of rotatable bonds is 9. The Morgan fingerprint density at radius 1 is 0.955 bits per heavy atom. The van der Waals surface area contributed by atoms with E-state index in [0.29, 0.717) is 6.04 Å². The van der Waals surface area contributed by atoms with Gasteiger partial charge in [-0.2, -0.15) is 0 Å². The highest BCUT2D eigenvalue weighted by Gasteiger charge is 2.10. The van der Waals surface area contributed by atoms with Crippen molar-refractivity contribution < 1.29 is 0 Å². The average molecular weight is 297 g/mol. The summed E-state index contributed by atoms with van der Waals surface area (Å²) in [4.78, 5) is 0. The summed E-state index contributed by atoms with van der Waals surface area (Å²) in [6.45, 7) is 8.02. The predicted molar refractivity (Wildman–Crippen MR) is 98.3 cm³/mol. The van der Waals surface area contributed by atoms with Crippen molar-refractivity contribution in [3.8, 4) is 0 Å². The molecule has 0 saturated heterocycles. The predicted octanol–water partition coefficient (Wildman–Crippen LogP) is 6.10. The molecule has 0 amide bonds. The Bertz CT molecular complexity index is 555. The van der Waals surface area contributed by atoms with Crippen LogP contribution in [0.3, 0.4) is 0 Å². The summed E-state index contributed by atoms with van der Waals surface area (Å²) in [5.41, 5.74) is 1.42. The van der Waals surface area contributed by atoms with Gasteiger partial charge >= 0.3 is 0 Å². The maximum Gasteiger partial charge on any atom is 0.0297 e. The van der Waals surface area contributed by atoms with E-state index in [2.05, 4.69) is 68.6 Å². The summed E-state index contributed by atoms with van der Waals surface area (Å²) in [6, 6.07) is 15.7. The zero-order chi connectivity index (χ0) is 15.8. The largest absolute Gasteiger partial charge is 0.310 e. The van der Waals surface area contributed by atoms with Crippen molar-refractivity contribution in [2.45, 2.75) is 58.9 Å². The molecule has 0 aromatic heterocycles. The molecule has 0 aliphatic carbocycles. The Balaban J connectivity index is 1.92. The lowest BCUT2D eigenvalue weighted by Gasteiger charge is -2.19. The Labute approximate surface area is 136 Å².